The van der Waals surface area contributed by atoms with Crippen LogP contribution in [0.1, 0.15) is 38.4 Å². The fourth-order valence-electron chi connectivity index (χ4n) is 3.27. The Hall–Kier alpha value is -1.35. The number of fused-ring (bicyclic) bond motifs is 1. The SMILES string of the molecule is CCCc1nc2ccccc2n1CCC1CCCNC1. The highest BCUT2D eigenvalue weighted by atomic mass is 15.1. The highest BCUT2D eigenvalue weighted by Crippen LogP contribution is 2.21. The molecule has 3 heteroatoms. The number of para-hydroxylation sites is 2. The zero-order valence-corrected chi connectivity index (χ0v) is 12.4. The van der Waals surface area contributed by atoms with Crippen LogP contribution < -0.4 is 5.32 Å². The lowest BCUT2D eigenvalue weighted by Gasteiger charge is -2.23. The van der Waals surface area contributed by atoms with E-state index < -0.39 is 0 Å². The van der Waals surface area contributed by atoms with Gasteiger partial charge in [0, 0.05) is 13.0 Å². The molecule has 108 valence electrons. The molecule has 20 heavy (non-hydrogen) atoms. The van der Waals surface area contributed by atoms with Crippen molar-refractivity contribution in [1.29, 1.82) is 0 Å². The number of hydrogen-bond acceptors (Lipinski definition) is 2. The summed E-state index contributed by atoms with van der Waals surface area (Å²) in [5.41, 5.74) is 2.46. The molecule has 1 atom stereocenters. The van der Waals surface area contributed by atoms with Crippen LogP contribution in [0, 0.1) is 5.92 Å². The van der Waals surface area contributed by atoms with Gasteiger partial charge in [0.05, 0.1) is 11.0 Å². The van der Waals surface area contributed by atoms with Crippen molar-refractivity contribution in [3.05, 3.63) is 30.1 Å². The third-order valence-electron chi connectivity index (χ3n) is 4.37. The van der Waals surface area contributed by atoms with Crippen molar-refractivity contribution in [2.75, 3.05) is 13.1 Å². The summed E-state index contributed by atoms with van der Waals surface area (Å²) in [5.74, 6) is 2.09. The largest absolute Gasteiger partial charge is 0.328 e. The minimum atomic E-state index is 0.833. The van der Waals surface area contributed by atoms with E-state index in [4.69, 9.17) is 4.98 Å². The molecule has 1 aromatic carbocycles. The van der Waals surface area contributed by atoms with Crippen LogP contribution in [0.5, 0.6) is 0 Å². The second kappa shape index (κ2) is 6.40. The summed E-state index contributed by atoms with van der Waals surface area (Å²) in [4.78, 5) is 4.81. The van der Waals surface area contributed by atoms with Gasteiger partial charge >= 0.3 is 0 Å². The Morgan fingerprint density at radius 1 is 1.35 bits per heavy atom. The first-order valence-electron chi connectivity index (χ1n) is 8.03. The van der Waals surface area contributed by atoms with Gasteiger partial charge < -0.3 is 9.88 Å². The molecule has 1 saturated heterocycles. The molecule has 0 aliphatic carbocycles. The summed E-state index contributed by atoms with van der Waals surface area (Å²) in [6, 6.07) is 8.55. The van der Waals surface area contributed by atoms with Gasteiger partial charge in [-0.25, -0.2) is 4.98 Å². The number of benzene rings is 1. The highest BCUT2D eigenvalue weighted by Gasteiger charge is 2.15. The molecule has 2 aromatic rings. The van der Waals surface area contributed by atoms with Crippen LogP contribution in [-0.2, 0) is 13.0 Å². The number of aromatic nitrogens is 2. The first kappa shape index (κ1) is 13.6. The van der Waals surface area contributed by atoms with Crippen molar-refractivity contribution in [1.82, 2.24) is 14.9 Å². The second-order valence-electron chi connectivity index (χ2n) is 5.92. The van der Waals surface area contributed by atoms with E-state index in [1.807, 2.05) is 0 Å². The Labute approximate surface area is 121 Å². The summed E-state index contributed by atoms with van der Waals surface area (Å²) < 4.78 is 2.45. The lowest BCUT2D eigenvalue weighted by Crippen LogP contribution is -2.30. The number of hydrogen-bond donors (Lipinski definition) is 1. The smallest absolute Gasteiger partial charge is 0.109 e. The Bertz CT molecular complexity index is 552. The van der Waals surface area contributed by atoms with E-state index in [0.717, 1.165) is 30.8 Å². The maximum absolute atomic E-state index is 4.81. The van der Waals surface area contributed by atoms with Crippen molar-refractivity contribution in [2.24, 2.45) is 5.92 Å². The molecule has 3 nitrogen and oxygen atoms in total. The Kier molecular flexibility index (Phi) is 4.36. The molecule has 0 spiro atoms. The van der Waals surface area contributed by atoms with Gasteiger partial charge in [-0.05, 0) is 56.8 Å². The maximum Gasteiger partial charge on any atom is 0.109 e. The number of rotatable bonds is 5. The van der Waals surface area contributed by atoms with E-state index in [-0.39, 0.29) is 0 Å². The fraction of sp³-hybridized carbons (Fsp3) is 0.588. The number of aryl methyl sites for hydroxylation is 2. The van der Waals surface area contributed by atoms with Crippen molar-refractivity contribution in [2.45, 2.75) is 45.6 Å². The number of nitrogens with one attached hydrogen (secondary N) is 1. The van der Waals surface area contributed by atoms with Crippen LogP contribution in [0.2, 0.25) is 0 Å². The van der Waals surface area contributed by atoms with Crippen LogP contribution in [-0.4, -0.2) is 22.6 Å². The Morgan fingerprint density at radius 3 is 3.05 bits per heavy atom. The topological polar surface area (TPSA) is 29.9 Å². The average Bonchev–Trinajstić information content (AvgIpc) is 2.84. The monoisotopic (exact) mass is 271 g/mol. The molecule has 0 bridgehead atoms. The maximum atomic E-state index is 4.81. The number of piperidine rings is 1. The van der Waals surface area contributed by atoms with Crippen molar-refractivity contribution in [3.8, 4) is 0 Å². The molecule has 1 unspecified atom stereocenters. The minimum Gasteiger partial charge on any atom is -0.328 e. The average molecular weight is 271 g/mol. The minimum absolute atomic E-state index is 0.833. The summed E-state index contributed by atoms with van der Waals surface area (Å²) in [6.45, 7) is 5.73. The quantitative estimate of drug-likeness (QED) is 0.903. The predicted molar refractivity (Wildman–Crippen MR) is 83.9 cm³/mol. The molecule has 0 saturated carbocycles. The first-order chi connectivity index (χ1) is 9.88. The normalized spacial score (nSPS) is 19.6. The fourth-order valence-corrected chi connectivity index (χ4v) is 3.27. The third kappa shape index (κ3) is 2.88. The molecule has 1 aromatic heterocycles. The molecular weight excluding hydrogens is 246 g/mol. The summed E-state index contributed by atoms with van der Waals surface area (Å²) in [5, 5.41) is 3.52. The molecule has 2 heterocycles. The molecule has 1 aliphatic rings. The second-order valence-corrected chi connectivity index (χ2v) is 5.92. The van der Waals surface area contributed by atoms with E-state index >= 15 is 0 Å². The molecule has 1 N–H and O–H groups in total. The van der Waals surface area contributed by atoms with Gasteiger partial charge in [0.1, 0.15) is 5.82 Å². The van der Waals surface area contributed by atoms with Gasteiger partial charge in [0.15, 0.2) is 0 Å². The lowest BCUT2D eigenvalue weighted by molar-refractivity contribution is 0.341. The molecule has 0 radical (unpaired) electrons. The highest BCUT2D eigenvalue weighted by molar-refractivity contribution is 5.75. The standard InChI is InChI=1S/C17H25N3/c1-2-6-17-19-15-8-3-4-9-16(15)20(17)12-10-14-7-5-11-18-13-14/h3-4,8-9,14,18H,2,5-7,10-13H2,1H3. The van der Waals surface area contributed by atoms with Gasteiger partial charge in [-0.3, -0.25) is 0 Å². The third-order valence-corrected chi connectivity index (χ3v) is 4.37. The first-order valence-corrected chi connectivity index (χ1v) is 8.03. The van der Waals surface area contributed by atoms with E-state index in [0.29, 0.717) is 0 Å². The van der Waals surface area contributed by atoms with E-state index in [9.17, 15) is 0 Å². The van der Waals surface area contributed by atoms with E-state index in [1.165, 1.54) is 43.7 Å². The van der Waals surface area contributed by atoms with Gasteiger partial charge in [-0.1, -0.05) is 19.1 Å². The van der Waals surface area contributed by atoms with Crippen LogP contribution >= 0.6 is 0 Å². The van der Waals surface area contributed by atoms with Crippen molar-refractivity contribution in [3.63, 3.8) is 0 Å². The van der Waals surface area contributed by atoms with Gasteiger partial charge in [0.2, 0.25) is 0 Å². The van der Waals surface area contributed by atoms with Crippen LogP contribution in [0.15, 0.2) is 24.3 Å². The molecule has 1 fully saturated rings. The molecule has 0 amide bonds. The lowest BCUT2D eigenvalue weighted by atomic mass is 9.96. The summed E-state index contributed by atoms with van der Waals surface area (Å²) in [6.07, 6.45) is 6.22. The van der Waals surface area contributed by atoms with Crippen molar-refractivity contribution < 1.29 is 0 Å². The zero-order chi connectivity index (χ0) is 13.8. The van der Waals surface area contributed by atoms with Gasteiger partial charge in [-0.2, -0.15) is 0 Å². The van der Waals surface area contributed by atoms with E-state index in [2.05, 4.69) is 41.1 Å². The van der Waals surface area contributed by atoms with Gasteiger partial charge in [-0.15, -0.1) is 0 Å². The Morgan fingerprint density at radius 2 is 2.25 bits per heavy atom. The molecular formula is C17H25N3. The van der Waals surface area contributed by atoms with Crippen LogP contribution in [0.4, 0.5) is 0 Å². The van der Waals surface area contributed by atoms with Crippen LogP contribution in [0.3, 0.4) is 0 Å². The van der Waals surface area contributed by atoms with E-state index in [1.54, 1.807) is 0 Å². The van der Waals surface area contributed by atoms with Crippen LogP contribution in [0.25, 0.3) is 11.0 Å². The zero-order valence-electron chi connectivity index (χ0n) is 12.4. The Balaban J connectivity index is 1.79. The molecule has 3 rings (SSSR count). The van der Waals surface area contributed by atoms with Gasteiger partial charge in [0.25, 0.3) is 0 Å². The summed E-state index contributed by atoms with van der Waals surface area (Å²) >= 11 is 0. The predicted octanol–water partition coefficient (Wildman–Crippen LogP) is 3.38. The molecule has 1 aliphatic heterocycles. The number of nitrogens with zero attached hydrogens (tertiary/aromatic N) is 2. The summed E-state index contributed by atoms with van der Waals surface area (Å²) in [7, 11) is 0. The number of imidazole rings is 1. The van der Waals surface area contributed by atoms with Crippen molar-refractivity contribution >= 4 is 11.0 Å².